The van der Waals surface area contributed by atoms with E-state index < -0.39 is 24.0 Å². The zero-order chi connectivity index (χ0) is 21.6. The third-order valence-corrected chi connectivity index (χ3v) is 5.99. The summed E-state index contributed by atoms with van der Waals surface area (Å²) in [5.41, 5.74) is 7.07. The Labute approximate surface area is 172 Å². The number of aliphatic imine (C=N–C) groups is 1. The number of β-lactam (4-membered cyclic amide) rings is 1. The number of amidine groups is 1. The summed E-state index contributed by atoms with van der Waals surface area (Å²) in [4.78, 5) is 46.3. The Morgan fingerprint density at radius 2 is 2.17 bits per heavy atom. The first-order valence-corrected chi connectivity index (χ1v) is 9.76. The number of aromatic nitrogens is 1. The zero-order valence-corrected chi connectivity index (χ0v) is 16.4. The van der Waals surface area contributed by atoms with E-state index in [2.05, 4.69) is 15.3 Å². The fourth-order valence-corrected chi connectivity index (χ4v) is 4.48. The molecule has 10 nitrogen and oxygen atoms in total. The average molecular weight is 413 g/mol. The van der Waals surface area contributed by atoms with Gasteiger partial charge in [-0.1, -0.05) is 0 Å². The maximum Gasteiger partial charge on any atom is 0.352 e. The smallest absolute Gasteiger partial charge is 0.352 e. The van der Waals surface area contributed by atoms with Gasteiger partial charge in [0, 0.05) is 37.0 Å². The lowest BCUT2D eigenvalue weighted by atomic mass is 9.82. The second-order valence-electron chi connectivity index (χ2n) is 7.81. The maximum absolute atomic E-state index is 12.5. The number of fused-ring (bicyclic) bond motifs is 1. The van der Waals surface area contributed by atoms with Crippen molar-refractivity contribution in [2.24, 2.45) is 22.6 Å². The van der Waals surface area contributed by atoms with Gasteiger partial charge in [-0.3, -0.25) is 19.6 Å². The van der Waals surface area contributed by atoms with Crippen molar-refractivity contribution in [3.63, 3.8) is 0 Å². The van der Waals surface area contributed by atoms with Gasteiger partial charge < -0.3 is 26.2 Å². The fourth-order valence-electron chi connectivity index (χ4n) is 4.48. The molecule has 3 aliphatic rings. The van der Waals surface area contributed by atoms with Crippen LogP contribution < -0.4 is 11.1 Å². The predicted octanol–water partition coefficient (Wildman–Crippen LogP) is -0.840. The molecule has 4 heterocycles. The number of nitrogens with one attached hydrogen (secondary N) is 1. The minimum absolute atomic E-state index is 0.0110. The summed E-state index contributed by atoms with van der Waals surface area (Å²) in [6, 6.07) is 1.98. The van der Waals surface area contributed by atoms with Crippen LogP contribution in [0.1, 0.15) is 23.7 Å². The first-order chi connectivity index (χ1) is 14.3. The third kappa shape index (κ3) is 3.17. The number of hydrogen-bond acceptors (Lipinski definition) is 8. The van der Waals surface area contributed by atoms with Gasteiger partial charge in [0.1, 0.15) is 17.6 Å². The molecule has 0 bridgehead atoms. The number of nitrogens with two attached hydrogens (primary N) is 1. The summed E-state index contributed by atoms with van der Waals surface area (Å²) in [6.45, 7) is 2.15. The summed E-state index contributed by atoms with van der Waals surface area (Å²) < 4.78 is 0. The number of carbonyl (C=O) groups is 3. The number of pyridine rings is 1. The van der Waals surface area contributed by atoms with Crippen LogP contribution in [0.15, 0.2) is 40.8 Å². The first-order valence-electron chi connectivity index (χ1n) is 9.76. The predicted molar refractivity (Wildman–Crippen MR) is 105 cm³/mol. The zero-order valence-electron chi connectivity index (χ0n) is 16.4. The number of nitrogens with zero attached hydrogens (tertiary/aromatic N) is 3. The highest BCUT2D eigenvalue weighted by Gasteiger charge is 2.57. The van der Waals surface area contributed by atoms with Crippen LogP contribution in [0.25, 0.3) is 0 Å². The molecule has 5 N–H and O–H groups in total. The lowest BCUT2D eigenvalue weighted by Gasteiger charge is -2.44. The minimum atomic E-state index is -1.16. The molecule has 0 aliphatic carbocycles. The Morgan fingerprint density at radius 1 is 1.40 bits per heavy atom. The molecule has 5 atom stereocenters. The quantitative estimate of drug-likeness (QED) is 0.347. The fraction of sp³-hybridized carbons (Fsp3) is 0.450. The van der Waals surface area contributed by atoms with Crippen molar-refractivity contribution >= 4 is 23.5 Å². The van der Waals surface area contributed by atoms with Crippen molar-refractivity contribution in [3.05, 3.63) is 41.4 Å². The highest BCUT2D eigenvalue weighted by atomic mass is 16.4. The van der Waals surface area contributed by atoms with E-state index in [1.54, 1.807) is 18.3 Å². The van der Waals surface area contributed by atoms with Crippen LogP contribution in [0, 0.1) is 11.8 Å². The van der Waals surface area contributed by atoms with E-state index in [0.717, 1.165) is 0 Å². The molecular weight excluding hydrogens is 390 g/mol. The number of carboxylic acid groups (broad SMARTS) is 1. The normalized spacial score (nSPS) is 27.6. The van der Waals surface area contributed by atoms with Gasteiger partial charge in [0.15, 0.2) is 5.78 Å². The lowest BCUT2D eigenvalue weighted by Crippen LogP contribution is -2.61. The second kappa shape index (κ2) is 7.62. The lowest BCUT2D eigenvalue weighted by molar-refractivity contribution is -0.161. The molecule has 0 radical (unpaired) electrons. The van der Waals surface area contributed by atoms with E-state index in [0.29, 0.717) is 29.9 Å². The van der Waals surface area contributed by atoms with Crippen molar-refractivity contribution in [2.75, 3.05) is 13.1 Å². The highest BCUT2D eigenvalue weighted by molar-refractivity contribution is 6.15. The molecule has 1 fully saturated rings. The summed E-state index contributed by atoms with van der Waals surface area (Å²) in [7, 11) is 0. The van der Waals surface area contributed by atoms with Gasteiger partial charge in [-0.15, -0.1) is 0 Å². The van der Waals surface area contributed by atoms with E-state index in [-0.39, 0.29) is 35.9 Å². The summed E-state index contributed by atoms with van der Waals surface area (Å²) in [5, 5.41) is 22.6. The molecule has 1 amide bonds. The van der Waals surface area contributed by atoms with Crippen LogP contribution >= 0.6 is 0 Å². The van der Waals surface area contributed by atoms with Gasteiger partial charge >= 0.3 is 5.97 Å². The van der Waals surface area contributed by atoms with Gasteiger partial charge in [-0.25, -0.2) is 4.79 Å². The largest absolute Gasteiger partial charge is 0.477 e. The first kappa shape index (κ1) is 20.2. The number of aliphatic hydroxyl groups excluding tert-OH is 1. The summed E-state index contributed by atoms with van der Waals surface area (Å²) in [5.74, 6) is -2.32. The standard InChI is InChI=1S/C20H23N5O5/c1-9(26)14-13-5-12(16(20(29)30)25(13)19(14)28)11-7-23-18(24-8-11)15(21)17(27)10-3-2-4-22-6-10/h2-4,6,9,11,13-15,26H,5,7-8,21H2,1H3,(H,23,24)(H,29,30)/t9-,13-,14-,15?/m1/s1. The van der Waals surface area contributed by atoms with E-state index in [1.165, 1.54) is 18.0 Å². The van der Waals surface area contributed by atoms with E-state index in [1.807, 2.05) is 0 Å². The number of carbonyl (C=O) groups excluding carboxylic acids is 2. The Balaban J connectivity index is 1.51. The molecule has 10 heteroatoms. The van der Waals surface area contributed by atoms with E-state index >= 15 is 0 Å². The Kier molecular flexibility index (Phi) is 5.12. The number of Topliss-reactive ketones (excluding diaryl/α,β-unsaturated/α-hetero) is 1. The SMILES string of the molecule is C[C@@H](O)[C@H]1C(=O)N2C(C(=O)O)=C(C3CN=C(C(N)C(=O)c4cccnc4)NC3)C[C@H]12. The van der Waals surface area contributed by atoms with Crippen molar-refractivity contribution in [3.8, 4) is 0 Å². The van der Waals surface area contributed by atoms with Crippen LogP contribution in [-0.4, -0.2) is 74.9 Å². The van der Waals surface area contributed by atoms with Crippen LogP contribution in [-0.2, 0) is 9.59 Å². The monoisotopic (exact) mass is 413 g/mol. The molecule has 1 aromatic heterocycles. The molecule has 30 heavy (non-hydrogen) atoms. The number of rotatable bonds is 6. The molecule has 4 rings (SSSR count). The van der Waals surface area contributed by atoms with Crippen LogP contribution in [0.5, 0.6) is 0 Å². The Morgan fingerprint density at radius 3 is 2.73 bits per heavy atom. The summed E-state index contributed by atoms with van der Waals surface area (Å²) in [6.07, 6.45) is 2.56. The minimum Gasteiger partial charge on any atom is -0.477 e. The molecule has 1 saturated heterocycles. The van der Waals surface area contributed by atoms with Crippen molar-refractivity contribution < 1.29 is 24.6 Å². The number of ketones is 1. The number of hydrogen-bond donors (Lipinski definition) is 4. The molecule has 2 unspecified atom stereocenters. The van der Waals surface area contributed by atoms with Crippen LogP contribution in [0.2, 0.25) is 0 Å². The number of carboxylic acids is 1. The third-order valence-electron chi connectivity index (χ3n) is 5.99. The Bertz CT molecular complexity index is 958. The highest BCUT2D eigenvalue weighted by Crippen LogP contribution is 2.45. The molecule has 3 aliphatic heterocycles. The van der Waals surface area contributed by atoms with Crippen molar-refractivity contribution in [1.82, 2.24) is 15.2 Å². The van der Waals surface area contributed by atoms with Crippen LogP contribution in [0.3, 0.4) is 0 Å². The summed E-state index contributed by atoms with van der Waals surface area (Å²) >= 11 is 0. The van der Waals surface area contributed by atoms with Gasteiger partial charge in [0.2, 0.25) is 5.91 Å². The molecule has 0 spiro atoms. The molecule has 158 valence electrons. The van der Waals surface area contributed by atoms with Gasteiger partial charge in [0.25, 0.3) is 0 Å². The van der Waals surface area contributed by atoms with E-state index in [4.69, 9.17) is 5.73 Å². The van der Waals surface area contributed by atoms with Gasteiger partial charge in [-0.05, 0) is 31.1 Å². The maximum atomic E-state index is 12.5. The van der Waals surface area contributed by atoms with Crippen LogP contribution in [0.4, 0.5) is 0 Å². The van der Waals surface area contributed by atoms with E-state index in [9.17, 15) is 24.6 Å². The molecule has 1 aromatic rings. The topological polar surface area (TPSA) is 158 Å². The van der Waals surface area contributed by atoms with Gasteiger partial charge in [-0.2, -0.15) is 0 Å². The Hall–Kier alpha value is -3.11. The number of amides is 1. The molecule has 0 aromatic carbocycles. The molecule has 0 saturated carbocycles. The number of aliphatic carboxylic acids is 1. The average Bonchev–Trinajstić information content (AvgIpc) is 3.08. The van der Waals surface area contributed by atoms with Gasteiger partial charge in [0.05, 0.1) is 18.1 Å². The second-order valence-corrected chi connectivity index (χ2v) is 7.81. The number of aliphatic hydroxyl groups is 1. The van der Waals surface area contributed by atoms with Crippen molar-refractivity contribution in [2.45, 2.75) is 31.5 Å². The molecular formula is C20H23N5O5. The van der Waals surface area contributed by atoms with Crippen molar-refractivity contribution in [1.29, 1.82) is 0 Å².